The Morgan fingerprint density at radius 3 is 2.07 bits per heavy atom. The Kier molecular flexibility index (Phi) is 12.5. The molecule has 0 fully saturated rings. The summed E-state index contributed by atoms with van der Waals surface area (Å²) in [5.41, 5.74) is 0.208. The first-order valence-electron chi connectivity index (χ1n) is 5.24. The summed E-state index contributed by atoms with van der Waals surface area (Å²) in [5, 5.41) is 0. The van der Waals surface area contributed by atoms with Crippen molar-refractivity contribution in [3.63, 3.8) is 0 Å². The van der Waals surface area contributed by atoms with Gasteiger partial charge in [-0.05, 0) is 31.3 Å². The monoisotopic (exact) mass is 269 g/mol. The predicted octanol–water partition coefficient (Wildman–Crippen LogP) is 4.12. The van der Waals surface area contributed by atoms with Gasteiger partial charge in [-0.1, -0.05) is 26.7 Å². The van der Waals surface area contributed by atoms with Gasteiger partial charge in [-0.15, -0.1) is 4.52 Å². The summed E-state index contributed by atoms with van der Waals surface area (Å²) >= 11 is 0. The molecule has 0 aromatic heterocycles. The maximum Gasteiger partial charge on any atom is 0.511 e. The summed E-state index contributed by atoms with van der Waals surface area (Å²) in [6.07, 6.45) is 4.31. The minimum absolute atomic E-state index is 0. The Balaban J connectivity index is 0. The first-order valence-corrected chi connectivity index (χ1v) is 6.49. The second-order valence-electron chi connectivity index (χ2n) is 3.63. The largest absolute Gasteiger partial charge is 0.511 e. The summed E-state index contributed by atoms with van der Waals surface area (Å²) in [4.78, 5) is 0. The van der Waals surface area contributed by atoms with Crippen LogP contribution in [0.25, 0.3) is 0 Å². The van der Waals surface area contributed by atoms with Crippen molar-refractivity contribution in [3.8, 4) is 0 Å². The maximum absolute atomic E-state index is 11.5. The van der Waals surface area contributed by atoms with Crippen LogP contribution < -0.4 is 0 Å². The van der Waals surface area contributed by atoms with Gasteiger partial charge in [0.2, 0.25) is 0 Å². The van der Waals surface area contributed by atoms with Gasteiger partial charge in [0.15, 0.2) is 5.66 Å². The zero-order chi connectivity index (χ0) is 10.3. The third-order valence-electron chi connectivity index (χ3n) is 2.05. The van der Waals surface area contributed by atoms with Crippen molar-refractivity contribution in [1.29, 1.82) is 0 Å². The van der Waals surface area contributed by atoms with E-state index in [1.165, 1.54) is 0 Å². The smallest absolute Gasteiger partial charge is 0.143 e. The van der Waals surface area contributed by atoms with Gasteiger partial charge >= 0.3 is 8.03 Å². The fourth-order valence-corrected chi connectivity index (χ4v) is 2.40. The normalized spacial score (nSPS) is 15.6. The molecule has 80 valence electrons. The molecule has 4 heteroatoms. The molecule has 3 unspecified atom stereocenters. The first kappa shape index (κ1) is 17.1. The molecule has 2 nitrogen and oxygen atoms in total. The topological polar surface area (TPSA) is 26.3 Å². The quantitative estimate of drug-likeness (QED) is 0.514. The Labute approximate surface area is 102 Å². The summed E-state index contributed by atoms with van der Waals surface area (Å²) < 4.78 is 17.0. The molecule has 3 atom stereocenters. The molecular weight excluding hydrogens is 248 g/mol. The van der Waals surface area contributed by atoms with Crippen molar-refractivity contribution in [2.75, 3.05) is 0 Å². The molecule has 0 aromatic rings. The van der Waals surface area contributed by atoms with E-state index in [1.807, 2.05) is 13.8 Å². The van der Waals surface area contributed by atoms with Crippen molar-refractivity contribution in [1.82, 2.24) is 0 Å². The molecule has 0 saturated heterocycles. The van der Waals surface area contributed by atoms with Gasteiger partial charge in [-0.25, -0.2) is 0 Å². The van der Waals surface area contributed by atoms with Gasteiger partial charge in [0, 0.05) is 19.5 Å². The minimum Gasteiger partial charge on any atom is -0.143 e. The zero-order valence-electron chi connectivity index (χ0n) is 9.95. The van der Waals surface area contributed by atoms with E-state index in [2.05, 4.69) is 13.8 Å². The Bertz CT molecular complexity index is 153. The standard InChI is InChI=1S/C10H22O2P.Zn/c1-5-7-9(3)12-13(11)10(4)8-6-2;/h9-10H,5-8H2,1-4H3;/q+1;. The van der Waals surface area contributed by atoms with Crippen molar-refractivity contribution in [2.45, 2.75) is 65.1 Å². The molecule has 0 spiro atoms. The average Bonchev–Trinajstić information content (AvgIpc) is 2.05. The zero-order valence-corrected chi connectivity index (χ0v) is 13.8. The summed E-state index contributed by atoms with van der Waals surface area (Å²) in [7, 11) is -1.45. The van der Waals surface area contributed by atoms with Crippen LogP contribution in [0.1, 0.15) is 53.4 Å². The molecule has 0 aliphatic heterocycles. The molecule has 0 bridgehead atoms. The average molecular weight is 271 g/mol. The minimum atomic E-state index is -1.45. The molecule has 0 aromatic carbocycles. The van der Waals surface area contributed by atoms with Crippen LogP contribution in [0.3, 0.4) is 0 Å². The second-order valence-corrected chi connectivity index (χ2v) is 5.29. The molecular formula is C10H22O2PZn+. The van der Waals surface area contributed by atoms with Crippen LogP contribution in [0, 0.1) is 0 Å². The predicted molar refractivity (Wildman–Crippen MR) is 57.4 cm³/mol. The Hall–Kier alpha value is 0.683. The maximum atomic E-state index is 11.5. The van der Waals surface area contributed by atoms with E-state index in [4.69, 9.17) is 4.52 Å². The van der Waals surface area contributed by atoms with Gasteiger partial charge in [0.05, 0.1) is 0 Å². The van der Waals surface area contributed by atoms with E-state index < -0.39 is 8.03 Å². The number of hydrogen-bond donors (Lipinski definition) is 0. The van der Waals surface area contributed by atoms with E-state index in [1.54, 1.807) is 0 Å². The van der Waals surface area contributed by atoms with Gasteiger partial charge in [0.25, 0.3) is 0 Å². The molecule has 0 heterocycles. The van der Waals surface area contributed by atoms with Crippen LogP contribution in [-0.4, -0.2) is 11.8 Å². The van der Waals surface area contributed by atoms with Crippen molar-refractivity contribution < 1.29 is 28.6 Å². The second kappa shape index (κ2) is 10.2. The van der Waals surface area contributed by atoms with Gasteiger partial charge in [-0.3, -0.25) is 0 Å². The molecule has 0 radical (unpaired) electrons. The van der Waals surface area contributed by atoms with Crippen LogP contribution in [-0.2, 0) is 28.6 Å². The van der Waals surface area contributed by atoms with Gasteiger partial charge in [0.1, 0.15) is 6.10 Å². The van der Waals surface area contributed by atoms with Crippen LogP contribution in [0.15, 0.2) is 0 Å². The summed E-state index contributed by atoms with van der Waals surface area (Å²) in [6, 6.07) is 0. The number of rotatable bonds is 7. The van der Waals surface area contributed by atoms with E-state index in [0.717, 1.165) is 25.7 Å². The summed E-state index contributed by atoms with van der Waals surface area (Å²) in [5.74, 6) is 0. The van der Waals surface area contributed by atoms with Crippen LogP contribution in [0.4, 0.5) is 0 Å². The SMILES string of the molecule is CCCC(C)O[P+](=O)C(C)CCC.[Zn]. The fourth-order valence-electron chi connectivity index (χ4n) is 1.26. The van der Waals surface area contributed by atoms with Crippen molar-refractivity contribution in [3.05, 3.63) is 0 Å². The number of hydrogen-bond acceptors (Lipinski definition) is 2. The third kappa shape index (κ3) is 8.03. The molecule has 0 amide bonds. The Morgan fingerprint density at radius 2 is 1.64 bits per heavy atom. The summed E-state index contributed by atoms with van der Waals surface area (Å²) in [6.45, 7) is 8.22. The molecule has 0 aliphatic rings. The van der Waals surface area contributed by atoms with Crippen molar-refractivity contribution >= 4 is 8.03 Å². The molecule has 14 heavy (non-hydrogen) atoms. The van der Waals surface area contributed by atoms with E-state index in [-0.39, 0.29) is 31.2 Å². The van der Waals surface area contributed by atoms with Gasteiger partial charge in [-0.2, -0.15) is 0 Å². The van der Waals surface area contributed by atoms with Crippen molar-refractivity contribution in [2.24, 2.45) is 0 Å². The van der Waals surface area contributed by atoms with Crippen LogP contribution in [0.2, 0.25) is 0 Å². The Morgan fingerprint density at radius 1 is 1.14 bits per heavy atom. The molecule has 0 rings (SSSR count). The first-order chi connectivity index (χ1) is 6.11. The fraction of sp³-hybridized carbons (Fsp3) is 1.00. The van der Waals surface area contributed by atoms with Crippen LogP contribution >= 0.6 is 8.03 Å². The molecule has 0 N–H and O–H groups in total. The van der Waals surface area contributed by atoms with E-state index in [0.29, 0.717) is 0 Å². The van der Waals surface area contributed by atoms with Crippen LogP contribution in [0.5, 0.6) is 0 Å². The molecule has 0 saturated carbocycles. The van der Waals surface area contributed by atoms with E-state index >= 15 is 0 Å². The molecule has 0 aliphatic carbocycles. The van der Waals surface area contributed by atoms with Gasteiger partial charge < -0.3 is 0 Å². The van der Waals surface area contributed by atoms with E-state index in [9.17, 15) is 4.57 Å². The third-order valence-corrected chi connectivity index (χ3v) is 3.59.